The number of hydrogen-bond donors (Lipinski definition) is 0. The molecule has 0 spiro atoms. The summed E-state index contributed by atoms with van der Waals surface area (Å²) in [4.78, 5) is 13.4. The van der Waals surface area contributed by atoms with E-state index >= 15 is 0 Å². The van der Waals surface area contributed by atoms with Gasteiger partial charge in [-0.3, -0.25) is 4.98 Å². The second-order valence-corrected chi connectivity index (χ2v) is 5.66. The Hall–Kier alpha value is -2.86. The van der Waals surface area contributed by atoms with Crippen molar-refractivity contribution < 1.29 is 9.13 Å². The topological polar surface area (TPSA) is 47.9 Å². The molecule has 0 N–H and O–H groups in total. The molecule has 1 aromatic carbocycles. The minimum Gasteiger partial charge on any atom is -0.437 e. The summed E-state index contributed by atoms with van der Waals surface area (Å²) in [6.45, 7) is 0. The van der Waals surface area contributed by atoms with Crippen molar-refractivity contribution in [3.05, 3.63) is 66.3 Å². The summed E-state index contributed by atoms with van der Waals surface area (Å²) in [5, 5.41) is 2.79. The molecule has 0 bridgehead atoms. The SMILES string of the molecule is Fc1ccc(-c2csc3ncnc(Oc4cccnc4)c23)cc1. The highest BCUT2D eigenvalue weighted by Gasteiger charge is 2.14. The zero-order valence-electron chi connectivity index (χ0n) is 11.8. The molecular formula is C17H10FN3OS. The Morgan fingerprint density at radius 2 is 1.91 bits per heavy atom. The van der Waals surface area contributed by atoms with Crippen LogP contribution in [-0.2, 0) is 0 Å². The zero-order chi connectivity index (χ0) is 15.6. The maximum atomic E-state index is 13.2. The Morgan fingerprint density at radius 1 is 1.04 bits per heavy atom. The Kier molecular flexibility index (Phi) is 3.44. The minimum atomic E-state index is -0.267. The van der Waals surface area contributed by atoms with Gasteiger partial charge in [-0.2, -0.15) is 0 Å². The number of fused-ring (bicyclic) bond motifs is 1. The first kappa shape index (κ1) is 13.8. The lowest BCUT2D eigenvalue weighted by atomic mass is 10.1. The summed E-state index contributed by atoms with van der Waals surface area (Å²) in [6.07, 6.45) is 4.77. The molecule has 0 saturated heterocycles. The van der Waals surface area contributed by atoms with Crippen LogP contribution in [0.2, 0.25) is 0 Å². The summed E-state index contributed by atoms with van der Waals surface area (Å²) in [6, 6.07) is 9.94. The highest BCUT2D eigenvalue weighted by Crippen LogP contribution is 2.38. The largest absolute Gasteiger partial charge is 0.437 e. The number of ether oxygens (including phenoxy) is 1. The van der Waals surface area contributed by atoms with Gasteiger partial charge in [-0.05, 0) is 29.8 Å². The van der Waals surface area contributed by atoms with Crippen molar-refractivity contribution in [2.24, 2.45) is 0 Å². The number of nitrogens with zero attached hydrogens (tertiary/aromatic N) is 3. The minimum absolute atomic E-state index is 0.267. The smallest absolute Gasteiger partial charge is 0.231 e. The van der Waals surface area contributed by atoms with E-state index in [1.807, 2.05) is 11.4 Å². The predicted molar refractivity (Wildman–Crippen MR) is 87.1 cm³/mol. The van der Waals surface area contributed by atoms with Gasteiger partial charge in [0.15, 0.2) is 0 Å². The molecule has 4 rings (SSSR count). The van der Waals surface area contributed by atoms with E-state index in [1.54, 1.807) is 30.6 Å². The monoisotopic (exact) mass is 323 g/mol. The van der Waals surface area contributed by atoms with Gasteiger partial charge < -0.3 is 4.74 Å². The predicted octanol–water partition coefficient (Wildman–Crippen LogP) is 4.68. The Bertz CT molecular complexity index is 955. The van der Waals surface area contributed by atoms with Gasteiger partial charge in [0.2, 0.25) is 5.88 Å². The summed E-state index contributed by atoms with van der Waals surface area (Å²) < 4.78 is 19.0. The first-order chi connectivity index (χ1) is 11.3. The lowest BCUT2D eigenvalue weighted by Crippen LogP contribution is -1.91. The maximum Gasteiger partial charge on any atom is 0.231 e. The molecule has 6 heteroatoms. The van der Waals surface area contributed by atoms with E-state index in [0.29, 0.717) is 11.6 Å². The fourth-order valence-electron chi connectivity index (χ4n) is 2.29. The highest BCUT2D eigenvalue weighted by atomic mass is 32.1. The number of rotatable bonds is 3. The lowest BCUT2D eigenvalue weighted by molar-refractivity contribution is 0.466. The Balaban J connectivity index is 1.85. The quantitative estimate of drug-likeness (QED) is 0.549. The third kappa shape index (κ3) is 2.64. The van der Waals surface area contributed by atoms with Gasteiger partial charge in [0.05, 0.1) is 11.6 Å². The van der Waals surface area contributed by atoms with E-state index in [4.69, 9.17) is 4.74 Å². The molecule has 112 valence electrons. The molecule has 23 heavy (non-hydrogen) atoms. The van der Waals surface area contributed by atoms with Crippen molar-refractivity contribution in [2.75, 3.05) is 0 Å². The van der Waals surface area contributed by atoms with Crippen molar-refractivity contribution >= 4 is 21.6 Å². The maximum absolute atomic E-state index is 13.2. The average molecular weight is 323 g/mol. The van der Waals surface area contributed by atoms with Crippen molar-refractivity contribution in [1.82, 2.24) is 15.0 Å². The summed E-state index contributed by atoms with van der Waals surface area (Å²) in [7, 11) is 0. The number of benzene rings is 1. The number of pyridine rings is 1. The van der Waals surface area contributed by atoms with E-state index in [1.165, 1.54) is 29.8 Å². The van der Waals surface area contributed by atoms with Gasteiger partial charge in [0.1, 0.15) is 22.7 Å². The Labute approximate surface area is 135 Å². The standard InChI is InChI=1S/C17H10FN3OS/c18-12-5-3-11(4-6-12)14-9-23-17-15(14)16(20-10-21-17)22-13-2-1-7-19-8-13/h1-10H. The van der Waals surface area contributed by atoms with Gasteiger partial charge in [-0.1, -0.05) is 12.1 Å². The van der Waals surface area contributed by atoms with Crippen LogP contribution in [0.3, 0.4) is 0 Å². The van der Waals surface area contributed by atoms with E-state index in [0.717, 1.165) is 21.3 Å². The van der Waals surface area contributed by atoms with E-state index in [9.17, 15) is 4.39 Å². The number of hydrogen-bond acceptors (Lipinski definition) is 5. The molecule has 0 amide bonds. The molecule has 0 saturated carbocycles. The molecule has 4 aromatic rings. The van der Waals surface area contributed by atoms with Gasteiger partial charge in [0.25, 0.3) is 0 Å². The molecule has 0 aliphatic carbocycles. The molecule has 0 fully saturated rings. The fourth-order valence-corrected chi connectivity index (χ4v) is 3.19. The summed E-state index contributed by atoms with van der Waals surface area (Å²) >= 11 is 1.50. The van der Waals surface area contributed by atoms with Crippen LogP contribution in [0.15, 0.2) is 60.5 Å². The molecule has 0 atom stereocenters. The normalized spacial score (nSPS) is 10.8. The number of aromatic nitrogens is 3. The van der Waals surface area contributed by atoms with Gasteiger partial charge in [0, 0.05) is 17.1 Å². The lowest BCUT2D eigenvalue weighted by Gasteiger charge is -2.07. The summed E-state index contributed by atoms with van der Waals surface area (Å²) in [5.74, 6) is 0.795. The summed E-state index contributed by atoms with van der Waals surface area (Å²) in [5.41, 5.74) is 1.81. The first-order valence-electron chi connectivity index (χ1n) is 6.87. The van der Waals surface area contributed by atoms with Crippen LogP contribution in [-0.4, -0.2) is 15.0 Å². The van der Waals surface area contributed by atoms with Crippen LogP contribution in [0.25, 0.3) is 21.3 Å². The second-order valence-electron chi connectivity index (χ2n) is 4.81. The van der Waals surface area contributed by atoms with Crippen LogP contribution in [0.4, 0.5) is 4.39 Å². The van der Waals surface area contributed by atoms with E-state index in [-0.39, 0.29) is 5.82 Å². The van der Waals surface area contributed by atoms with Gasteiger partial charge >= 0.3 is 0 Å². The third-order valence-corrected chi connectivity index (χ3v) is 4.23. The van der Waals surface area contributed by atoms with Crippen LogP contribution in [0, 0.1) is 5.82 Å². The molecule has 3 aromatic heterocycles. The van der Waals surface area contributed by atoms with Crippen molar-refractivity contribution in [1.29, 1.82) is 0 Å². The van der Waals surface area contributed by atoms with E-state index < -0.39 is 0 Å². The number of halogens is 1. The Morgan fingerprint density at radius 3 is 2.70 bits per heavy atom. The molecule has 4 nitrogen and oxygen atoms in total. The van der Waals surface area contributed by atoms with Crippen molar-refractivity contribution in [3.8, 4) is 22.8 Å². The molecule has 3 heterocycles. The van der Waals surface area contributed by atoms with Gasteiger partial charge in [-0.25, -0.2) is 14.4 Å². The zero-order valence-corrected chi connectivity index (χ0v) is 12.6. The molecule has 0 aliphatic rings. The fraction of sp³-hybridized carbons (Fsp3) is 0. The van der Waals surface area contributed by atoms with Crippen LogP contribution < -0.4 is 4.74 Å². The van der Waals surface area contributed by atoms with Crippen LogP contribution in [0.5, 0.6) is 11.6 Å². The molecule has 0 unspecified atom stereocenters. The van der Waals surface area contributed by atoms with Crippen molar-refractivity contribution in [2.45, 2.75) is 0 Å². The number of thiophene rings is 1. The molecular weight excluding hydrogens is 313 g/mol. The van der Waals surface area contributed by atoms with Crippen LogP contribution >= 0.6 is 11.3 Å². The third-order valence-electron chi connectivity index (χ3n) is 3.34. The van der Waals surface area contributed by atoms with Gasteiger partial charge in [-0.15, -0.1) is 11.3 Å². The molecule has 0 aliphatic heterocycles. The average Bonchev–Trinajstić information content (AvgIpc) is 3.02. The highest BCUT2D eigenvalue weighted by molar-refractivity contribution is 7.17. The van der Waals surface area contributed by atoms with Crippen molar-refractivity contribution in [3.63, 3.8) is 0 Å². The van der Waals surface area contributed by atoms with E-state index in [2.05, 4.69) is 15.0 Å². The molecule has 0 radical (unpaired) electrons. The first-order valence-corrected chi connectivity index (χ1v) is 7.75. The second kappa shape index (κ2) is 5.73. The van der Waals surface area contributed by atoms with Crippen LogP contribution in [0.1, 0.15) is 0 Å².